The summed E-state index contributed by atoms with van der Waals surface area (Å²) in [5, 5.41) is 5.35. The number of hydrogen-bond acceptors (Lipinski definition) is 3. The first-order chi connectivity index (χ1) is 12.7. The molecule has 0 unspecified atom stereocenters. The molecule has 0 radical (unpaired) electrons. The number of allylic oxidation sites excluding steroid dienone is 1. The molecule has 1 aliphatic rings. The molecular weight excluding hydrogens is 328 g/mol. The minimum Gasteiger partial charge on any atom is -0.472 e. The normalized spacial score (nSPS) is 13.8. The highest BCUT2D eigenvalue weighted by atomic mass is 16.3. The number of furan rings is 1. The summed E-state index contributed by atoms with van der Waals surface area (Å²) < 4.78 is 5.07. The molecule has 0 saturated heterocycles. The molecule has 1 aromatic heterocycles. The lowest BCUT2D eigenvalue weighted by molar-refractivity contribution is -0.139. The van der Waals surface area contributed by atoms with Crippen molar-refractivity contribution >= 4 is 11.8 Å². The standard InChI is InChI=1S/C21H24N2O3/c24-20(22-12-10-16-4-2-1-3-5-16)21(25)23-14-17-6-8-18(9-7-17)19-11-13-26-15-19/h4,6-9,11,13,15H,1-3,5,10,12,14H2,(H,22,24)(H,23,25). The minimum absolute atomic E-state index is 0.322. The second-order valence-corrected chi connectivity index (χ2v) is 6.51. The van der Waals surface area contributed by atoms with Gasteiger partial charge in [-0.05, 0) is 49.3 Å². The van der Waals surface area contributed by atoms with E-state index in [1.165, 1.54) is 18.4 Å². The second kappa shape index (κ2) is 9.04. The van der Waals surface area contributed by atoms with Crippen LogP contribution in [-0.4, -0.2) is 18.4 Å². The van der Waals surface area contributed by atoms with E-state index in [4.69, 9.17) is 4.42 Å². The molecule has 2 aromatic rings. The third kappa shape index (κ3) is 5.09. The van der Waals surface area contributed by atoms with Crippen molar-refractivity contribution in [2.24, 2.45) is 0 Å². The lowest BCUT2D eigenvalue weighted by atomic mass is 9.97. The Hall–Kier alpha value is -2.82. The zero-order chi connectivity index (χ0) is 18.2. The first kappa shape index (κ1) is 18.0. The van der Waals surface area contributed by atoms with Gasteiger partial charge < -0.3 is 15.1 Å². The lowest BCUT2D eigenvalue weighted by Gasteiger charge is -2.13. The summed E-state index contributed by atoms with van der Waals surface area (Å²) in [6.07, 6.45) is 11.1. The van der Waals surface area contributed by atoms with E-state index in [1.807, 2.05) is 30.3 Å². The van der Waals surface area contributed by atoms with Crippen molar-refractivity contribution < 1.29 is 14.0 Å². The van der Waals surface area contributed by atoms with Gasteiger partial charge in [0.05, 0.1) is 12.5 Å². The lowest BCUT2D eigenvalue weighted by Crippen LogP contribution is -2.40. The van der Waals surface area contributed by atoms with Crippen molar-refractivity contribution in [3.05, 3.63) is 60.1 Å². The summed E-state index contributed by atoms with van der Waals surface area (Å²) in [5.74, 6) is -1.17. The molecule has 5 heteroatoms. The van der Waals surface area contributed by atoms with Gasteiger partial charge in [0.15, 0.2) is 0 Å². The molecule has 26 heavy (non-hydrogen) atoms. The van der Waals surface area contributed by atoms with Crippen molar-refractivity contribution in [1.82, 2.24) is 10.6 Å². The van der Waals surface area contributed by atoms with Gasteiger partial charge in [-0.1, -0.05) is 35.9 Å². The Bertz CT molecular complexity index is 761. The van der Waals surface area contributed by atoms with Gasteiger partial charge >= 0.3 is 11.8 Å². The molecule has 5 nitrogen and oxygen atoms in total. The van der Waals surface area contributed by atoms with Crippen LogP contribution in [0.1, 0.15) is 37.7 Å². The average molecular weight is 352 g/mol. The predicted molar refractivity (Wildman–Crippen MR) is 100 cm³/mol. The van der Waals surface area contributed by atoms with Crippen molar-refractivity contribution in [3.8, 4) is 11.1 Å². The number of carbonyl (C=O) groups excluding carboxylic acids is 2. The summed E-state index contributed by atoms with van der Waals surface area (Å²) in [7, 11) is 0. The zero-order valence-electron chi connectivity index (χ0n) is 14.8. The third-order valence-electron chi connectivity index (χ3n) is 4.58. The number of amides is 2. The van der Waals surface area contributed by atoms with E-state index in [9.17, 15) is 9.59 Å². The fourth-order valence-electron chi connectivity index (χ4n) is 3.05. The first-order valence-corrected chi connectivity index (χ1v) is 9.08. The van der Waals surface area contributed by atoms with Gasteiger partial charge in [-0.15, -0.1) is 0 Å². The Balaban J connectivity index is 1.40. The SMILES string of the molecule is O=C(NCCC1=CCCCC1)C(=O)NCc1ccc(-c2ccoc2)cc1. The molecule has 0 bridgehead atoms. The molecule has 3 rings (SSSR count). The summed E-state index contributed by atoms with van der Waals surface area (Å²) in [6, 6.07) is 9.67. The Morgan fingerprint density at radius 1 is 0.962 bits per heavy atom. The molecule has 0 saturated carbocycles. The van der Waals surface area contributed by atoms with Crippen LogP contribution in [0.5, 0.6) is 0 Å². The smallest absolute Gasteiger partial charge is 0.309 e. The van der Waals surface area contributed by atoms with Gasteiger partial charge in [-0.2, -0.15) is 0 Å². The number of nitrogens with one attached hydrogen (secondary N) is 2. The quantitative estimate of drug-likeness (QED) is 0.617. The van der Waals surface area contributed by atoms with Crippen LogP contribution in [0.2, 0.25) is 0 Å². The molecule has 1 aliphatic carbocycles. The molecule has 0 fully saturated rings. The largest absolute Gasteiger partial charge is 0.472 e. The number of rotatable bonds is 6. The molecule has 0 spiro atoms. The van der Waals surface area contributed by atoms with E-state index in [1.54, 1.807) is 12.5 Å². The van der Waals surface area contributed by atoms with Crippen LogP contribution in [0.4, 0.5) is 0 Å². The van der Waals surface area contributed by atoms with Crippen LogP contribution in [0, 0.1) is 0 Å². The van der Waals surface area contributed by atoms with E-state index in [-0.39, 0.29) is 0 Å². The van der Waals surface area contributed by atoms with Crippen molar-refractivity contribution in [2.45, 2.75) is 38.6 Å². The van der Waals surface area contributed by atoms with Crippen LogP contribution in [0.25, 0.3) is 11.1 Å². The van der Waals surface area contributed by atoms with E-state index < -0.39 is 11.8 Å². The predicted octanol–water partition coefficient (Wildman–Crippen LogP) is 3.57. The Morgan fingerprint density at radius 3 is 2.46 bits per heavy atom. The summed E-state index contributed by atoms with van der Waals surface area (Å²) in [6.45, 7) is 0.834. The molecule has 0 aliphatic heterocycles. The topological polar surface area (TPSA) is 71.3 Å². The molecule has 1 heterocycles. The van der Waals surface area contributed by atoms with Gasteiger partial charge in [0.1, 0.15) is 0 Å². The monoisotopic (exact) mass is 352 g/mol. The van der Waals surface area contributed by atoms with Gasteiger partial charge in [0, 0.05) is 18.7 Å². The number of hydrogen-bond donors (Lipinski definition) is 2. The molecule has 2 N–H and O–H groups in total. The van der Waals surface area contributed by atoms with Crippen LogP contribution in [-0.2, 0) is 16.1 Å². The van der Waals surface area contributed by atoms with Crippen molar-refractivity contribution in [2.75, 3.05) is 6.54 Å². The minimum atomic E-state index is -0.596. The highest BCUT2D eigenvalue weighted by Crippen LogP contribution is 2.20. The van der Waals surface area contributed by atoms with Gasteiger partial charge in [0.2, 0.25) is 0 Å². The fourth-order valence-corrected chi connectivity index (χ4v) is 3.05. The molecule has 1 aromatic carbocycles. The van der Waals surface area contributed by atoms with E-state index in [2.05, 4.69) is 16.7 Å². The van der Waals surface area contributed by atoms with Crippen LogP contribution in [0.3, 0.4) is 0 Å². The van der Waals surface area contributed by atoms with Crippen molar-refractivity contribution in [1.29, 1.82) is 0 Å². The number of benzene rings is 1. The maximum absolute atomic E-state index is 11.9. The summed E-state index contributed by atoms with van der Waals surface area (Å²) >= 11 is 0. The Kier molecular flexibility index (Phi) is 6.25. The zero-order valence-corrected chi connectivity index (χ0v) is 14.8. The van der Waals surface area contributed by atoms with Crippen LogP contribution < -0.4 is 10.6 Å². The molecule has 2 amide bonds. The van der Waals surface area contributed by atoms with Crippen molar-refractivity contribution in [3.63, 3.8) is 0 Å². The van der Waals surface area contributed by atoms with E-state index in [0.717, 1.165) is 36.0 Å². The van der Waals surface area contributed by atoms with E-state index in [0.29, 0.717) is 13.1 Å². The molecule has 0 atom stereocenters. The van der Waals surface area contributed by atoms with E-state index >= 15 is 0 Å². The van der Waals surface area contributed by atoms with Gasteiger partial charge in [-0.25, -0.2) is 0 Å². The Labute approximate surface area is 153 Å². The summed E-state index contributed by atoms with van der Waals surface area (Å²) in [4.78, 5) is 23.8. The highest BCUT2D eigenvalue weighted by Gasteiger charge is 2.13. The first-order valence-electron chi connectivity index (χ1n) is 9.08. The maximum atomic E-state index is 11.9. The number of carbonyl (C=O) groups is 2. The fraction of sp³-hybridized carbons (Fsp3) is 0.333. The van der Waals surface area contributed by atoms with Gasteiger partial charge in [-0.3, -0.25) is 9.59 Å². The average Bonchev–Trinajstić information content (AvgIpc) is 3.22. The second-order valence-electron chi connectivity index (χ2n) is 6.51. The van der Waals surface area contributed by atoms with Crippen LogP contribution >= 0.6 is 0 Å². The van der Waals surface area contributed by atoms with Gasteiger partial charge in [0.25, 0.3) is 0 Å². The molecular formula is C21H24N2O3. The Morgan fingerprint density at radius 2 is 1.77 bits per heavy atom. The highest BCUT2D eigenvalue weighted by molar-refractivity contribution is 6.35. The third-order valence-corrected chi connectivity index (χ3v) is 4.58. The van der Waals surface area contributed by atoms with Crippen LogP contribution in [0.15, 0.2) is 58.9 Å². The maximum Gasteiger partial charge on any atom is 0.309 e. The molecule has 136 valence electrons. The summed E-state index contributed by atoms with van der Waals surface area (Å²) in [5.41, 5.74) is 4.37.